The number of Topliss-reactive ketones (excluding diaryl/α,β-unsaturated/α-hetero) is 1. The zero-order valence-electron chi connectivity index (χ0n) is 16.2. The van der Waals surface area contributed by atoms with E-state index in [1.165, 1.54) is 6.92 Å². The first kappa shape index (κ1) is 20.5. The largest absolute Gasteiger partial charge is 0.491 e. The number of anilines is 1. The number of ether oxygens (including phenoxy) is 3. The number of carbonyl (C=O) groups is 3. The second-order valence-electron chi connectivity index (χ2n) is 6.73. The molecule has 29 heavy (non-hydrogen) atoms. The molecule has 3 rings (SSSR count). The predicted molar refractivity (Wildman–Crippen MR) is 106 cm³/mol. The molecule has 1 fully saturated rings. The van der Waals surface area contributed by atoms with E-state index in [-0.39, 0.29) is 24.4 Å². The Hall–Kier alpha value is -3.19. The van der Waals surface area contributed by atoms with Gasteiger partial charge in [-0.15, -0.1) is 0 Å². The van der Waals surface area contributed by atoms with Gasteiger partial charge < -0.3 is 19.5 Å². The van der Waals surface area contributed by atoms with Gasteiger partial charge in [0.15, 0.2) is 12.4 Å². The standard InChI is InChI=1S/C22H23NO6/c1-15(24)23-18-8-4-16(5-9-18)21(25)14-29-22(26)17-6-10-19(11-7-17)28-13-20-3-2-12-27-20/h4-11,20H,2-3,12-14H2,1H3,(H,23,24). The number of hydrogen-bond acceptors (Lipinski definition) is 6. The highest BCUT2D eigenvalue weighted by Crippen LogP contribution is 2.17. The third kappa shape index (κ3) is 6.15. The molecule has 7 heteroatoms. The van der Waals surface area contributed by atoms with E-state index < -0.39 is 5.97 Å². The van der Waals surface area contributed by atoms with Crippen LogP contribution in [0.25, 0.3) is 0 Å². The van der Waals surface area contributed by atoms with Crippen molar-refractivity contribution in [1.29, 1.82) is 0 Å². The van der Waals surface area contributed by atoms with Crippen molar-refractivity contribution < 1.29 is 28.6 Å². The lowest BCUT2D eigenvalue weighted by molar-refractivity contribution is -0.114. The molecular weight excluding hydrogens is 374 g/mol. The maximum atomic E-state index is 12.2. The zero-order valence-corrected chi connectivity index (χ0v) is 16.2. The molecule has 1 amide bonds. The third-order valence-electron chi connectivity index (χ3n) is 4.41. The van der Waals surface area contributed by atoms with E-state index in [0.29, 0.717) is 29.2 Å². The summed E-state index contributed by atoms with van der Waals surface area (Å²) < 4.78 is 16.3. The first-order valence-electron chi connectivity index (χ1n) is 9.44. The highest BCUT2D eigenvalue weighted by atomic mass is 16.5. The number of benzene rings is 2. The number of hydrogen-bond donors (Lipinski definition) is 1. The molecule has 2 aromatic rings. The Morgan fingerprint density at radius 3 is 2.34 bits per heavy atom. The molecule has 1 saturated heterocycles. The lowest BCUT2D eigenvalue weighted by atomic mass is 10.1. The smallest absolute Gasteiger partial charge is 0.338 e. The summed E-state index contributed by atoms with van der Waals surface area (Å²) in [4.78, 5) is 35.3. The minimum Gasteiger partial charge on any atom is -0.491 e. The first-order chi connectivity index (χ1) is 14.0. The topological polar surface area (TPSA) is 90.9 Å². The SMILES string of the molecule is CC(=O)Nc1ccc(C(=O)COC(=O)c2ccc(OCC3CCCO3)cc2)cc1. The fraction of sp³-hybridized carbons (Fsp3) is 0.318. The van der Waals surface area contributed by atoms with Gasteiger partial charge >= 0.3 is 5.97 Å². The lowest BCUT2D eigenvalue weighted by Crippen LogP contribution is -2.16. The van der Waals surface area contributed by atoms with Crippen molar-refractivity contribution in [3.05, 3.63) is 59.7 Å². The molecule has 0 saturated carbocycles. The van der Waals surface area contributed by atoms with Crippen LogP contribution in [-0.2, 0) is 14.3 Å². The summed E-state index contributed by atoms with van der Waals surface area (Å²) in [6, 6.07) is 12.9. The molecule has 1 aliphatic heterocycles. The summed E-state index contributed by atoms with van der Waals surface area (Å²) in [5.74, 6) is -0.461. The van der Waals surface area contributed by atoms with Crippen molar-refractivity contribution in [2.75, 3.05) is 25.1 Å². The van der Waals surface area contributed by atoms with Gasteiger partial charge in [-0.25, -0.2) is 4.79 Å². The van der Waals surface area contributed by atoms with Gasteiger partial charge in [0.25, 0.3) is 0 Å². The summed E-state index contributed by atoms with van der Waals surface area (Å²) in [6.07, 6.45) is 2.17. The number of amides is 1. The van der Waals surface area contributed by atoms with E-state index >= 15 is 0 Å². The van der Waals surface area contributed by atoms with Gasteiger partial charge in [-0.1, -0.05) is 0 Å². The number of rotatable bonds is 8. The molecule has 1 heterocycles. The van der Waals surface area contributed by atoms with Gasteiger partial charge in [0, 0.05) is 24.8 Å². The Bertz CT molecular complexity index is 854. The maximum Gasteiger partial charge on any atom is 0.338 e. The van der Waals surface area contributed by atoms with E-state index in [1.54, 1.807) is 48.5 Å². The first-order valence-corrected chi connectivity index (χ1v) is 9.44. The summed E-state index contributed by atoms with van der Waals surface area (Å²) in [5, 5.41) is 2.62. The molecule has 0 aromatic heterocycles. The van der Waals surface area contributed by atoms with Crippen LogP contribution in [0.3, 0.4) is 0 Å². The third-order valence-corrected chi connectivity index (χ3v) is 4.41. The van der Waals surface area contributed by atoms with Crippen LogP contribution in [-0.4, -0.2) is 43.6 Å². The lowest BCUT2D eigenvalue weighted by Gasteiger charge is -2.11. The van der Waals surface area contributed by atoms with E-state index in [2.05, 4.69) is 5.32 Å². The van der Waals surface area contributed by atoms with Crippen molar-refractivity contribution in [3.63, 3.8) is 0 Å². The Labute approximate surface area is 169 Å². The molecule has 0 spiro atoms. The molecule has 7 nitrogen and oxygen atoms in total. The predicted octanol–water partition coefficient (Wildman–Crippen LogP) is 3.24. The van der Waals surface area contributed by atoms with Crippen LogP contribution in [0.2, 0.25) is 0 Å². The molecule has 1 atom stereocenters. The van der Waals surface area contributed by atoms with Crippen LogP contribution in [0.15, 0.2) is 48.5 Å². The highest BCUT2D eigenvalue weighted by Gasteiger charge is 2.16. The number of carbonyl (C=O) groups excluding carboxylic acids is 3. The fourth-order valence-corrected chi connectivity index (χ4v) is 2.89. The minimum absolute atomic E-state index is 0.123. The van der Waals surface area contributed by atoms with Crippen molar-refractivity contribution in [1.82, 2.24) is 0 Å². The second-order valence-corrected chi connectivity index (χ2v) is 6.73. The van der Waals surface area contributed by atoms with E-state index in [9.17, 15) is 14.4 Å². The molecule has 152 valence electrons. The molecule has 1 aliphatic rings. The van der Waals surface area contributed by atoms with Crippen molar-refractivity contribution in [2.24, 2.45) is 0 Å². The van der Waals surface area contributed by atoms with E-state index in [4.69, 9.17) is 14.2 Å². The monoisotopic (exact) mass is 397 g/mol. The molecule has 0 bridgehead atoms. The number of ketones is 1. The van der Waals surface area contributed by atoms with Crippen molar-refractivity contribution >= 4 is 23.3 Å². The normalized spacial score (nSPS) is 15.6. The fourth-order valence-electron chi connectivity index (χ4n) is 2.89. The molecule has 0 aliphatic carbocycles. The number of nitrogens with one attached hydrogen (secondary N) is 1. The molecule has 2 aromatic carbocycles. The van der Waals surface area contributed by atoms with Gasteiger partial charge in [0.2, 0.25) is 5.91 Å². The molecule has 1 N–H and O–H groups in total. The second kappa shape index (κ2) is 9.84. The van der Waals surface area contributed by atoms with E-state index in [0.717, 1.165) is 19.4 Å². The summed E-state index contributed by atoms with van der Waals surface area (Å²) in [5.41, 5.74) is 1.32. The highest BCUT2D eigenvalue weighted by molar-refractivity contribution is 6.00. The maximum absolute atomic E-state index is 12.2. The van der Waals surface area contributed by atoms with Gasteiger partial charge in [0.05, 0.1) is 11.7 Å². The van der Waals surface area contributed by atoms with Crippen LogP contribution in [0.1, 0.15) is 40.5 Å². The van der Waals surface area contributed by atoms with Crippen molar-refractivity contribution in [2.45, 2.75) is 25.9 Å². The minimum atomic E-state index is -0.584. The summed E-state index contributed by atoms with van der Waals surface area (Å²) in [7, 11) is 0. The average Bonchev–Trinajstić information content (AvgIpc) is 3.24. The number of esters is 1. The van der Waals surface area contributed by atoms with Crippen LogP contribution >= 0.6 is 0 Å². The van der Waals surface area contributed by atoms with Gasteiger partial charge in [-0.2, -0.15) is 0 Å². The van der Waals surface area contributed by atoms with Crippen LogP contribution in [0, 0.1) is 0 Å². The Kier molecular flexibility index (Phi) is 6.97. The van der Waals surface area contributed by atoms with Crippen LogP contribution < -0.4 is 10.1 Å². The van der Waals surface area contributed by atoms with Crippen molar-refractivity contribution in [3.8, 4) is 5.75 Å². The molecule has 0 radical (unpaired) electrons. The van der Waals surface area contributed by atoms with Gasteiger partial charge in [-0.05, 0) is 61.4 Å². The Balaban J connectivity index is 1.46. The van der Waals surface area contributed by atoms with E-state index in [1.807, 2.05) is 0 Å². The molecule has 1 unspecified atom stereocenters. The summed E-state index contributed by atoms with van der Waals surface area (Å²) >= 11 is 0. The Morgan fingerprint density at radius 2 is 1.72 bits per heavy atom. The average molecular weight is 397 g/mol. The summed E-state index contributed by atoms with van der Waals surface area (Å²) in [6.45, 7) is 2.30. The zero-order chi connectivity index (χ0) is 20.6. The van der Waals surface area contributed by atoms with Gasteiger partial charge in [-0.3, -0.25) is 9.59 Å². The molecular formula is C22H23NO6. The quantitative estimate of drug-likeness (QED) is 0.543. The van der Waals surface area contributed by atoms with Gasteiger partial charge in [0.1, 0.15) is 12.4 Å². The van der Waals surface area contributed by atoms with Crippen LogP contribution in [0.4, 0.5) is 5.69 Å². The van der Waals surface area contributed by atoms with Crippen LogP contribution in [0.5, 0.6) is 5.75 Å². The Morgan fingerprint density at radius 1 is 1.03 bits per heavy atom.